The molecule has 0 saturated heterocycles. The van der Waals surface area contributed by atoms with Crippen molar-refractivity contribution in [3.05, 3.63) is 52.4 Å². The molecule has 1 aromatic carbocycles. The highest BCUT2D eigenvalue weighted by Crippen LogP contribution is 2.37. The third-order valence-electron chi connectivity index (χ3n) is 3.87. The highest BCUT2D eigenvalue weighted by atomic mass is 79.9. The van der Waals surface area contributed by atoms with Crippen LogP contribution in [0, 0.1) is 0 Å². The SMILES string of the molecule is COc1ccc(Cn2nc(C(F)F)c(N)c2-c2cc(Br)ncc2N)cc1. The number of methoxy groups -OCH3 is 1. The van der Waals surface area contributed by atoms with Gasteiger partial charge in [-0.25, -0.2) is 13.8 Å². The van der Waals surface area contributed by atoms with Gasteiger partial charge >= 0.3 is 0 Å². The van der Waals surface area contributed by atoms with Gasteiger partial charge in [-0.15, -0.1) is 0 Å². The second kappa shape index (κ2) is 7.28. The summed E-state index contributed by atoms with van der Waals surface area (Å²) in [4.78, 5) is 4.03. The van der Waals surface area contributed by atoms with Crippen LogP contribution in [0.25, 0.3) is 11.3 Å². The van der Waals surface area contributed by atoms with Gasteiger partial charge in [0.1, 0.15) is 10.4 Å². The van der Waals surface area contributed by atoms with Gasteiger partial charge in [-0.05, 0) is 39.7 Å². The van der Waals surface area contributed by atoms with Crippen LogP contribution in [0.1, 0.15) is 17.7 Å². The van der Waals surface area contributed by atoms with Gasteiger partial charge in [0.25, 0.3) is 6.43 Å². The number of hydrogen-bond donors (Lipinski definition) is 2. The summed E-state index contributed by atoms with van der Waals surface area (Å²) in [6.07, 6.45) is -1.36. The van der Waals surface area contributed by atoms with E-state index in [1.54, 1.807) is 25.3 Å². The Morgan fingerprint density at radius 1 is 1.23 bits per heavy atom. The van der Waals surface area contributed by atoms with E-state index in [1.807, 2.05) is 12.1 Å². The number of benzene rings is 1. The third-order valence-corrected chi connectivity index (χ3v) is 4.31. The summed E-state index contributed by atoms with van der Waals surface area (Å²) >= 11 is 3.26. The largest absolute Gasteiger partial charge is 0.497 e. The number of anilines is 2. The zero-order chi connectivity index (χ0) is 18.8. The summed E-state index contributed by atoms with van der Waals surface area (Å²) < 4.78 is 33.7. The zero-order valence-corrected chi connectivity index (χ0v) is 15.4. The Morgan fingerprint density at radius 3 is 2.54 bits per heavy atom. The topological polar surface area (TPSA) is 92.0 Å². The Balaban J connectivity index is 2.11. The number of hydrogen-bond acceptors (Lipinski definition) is 5. The highest BCUT2D eigenvalue weighted by Gasteiger charge is 2.24. The number of aromatic nitrogens is 3. The van der Waals surface area contributed by atoms with Crippen LogP contribution in [-0.4, -0.2) is 21.9 Å². The van der Waals surface area contributed by atoms with Crippen molar-refractivity contribution in [2.45, 2.75) is 13.0 Å². The van der Waals surface area contributed by atoms with E-state index in [-0.39, 0.29) is 12.2 Å². The normalized spacial score (nSPS) is 11.1. The number of rotatable bonds is 5. The van der Waals surface area contributed by atoms with E-state index in [0.29, 0.717) is 27.3 Å². The number of nitrogens with zero attached hydrogens (tertiary/aromatic N) is 3. The molecule has 3 rings (SSSR count). The number of halogens is 3. The summed E-state index contributed by atoms with van der Waals surface area (Å²) in [5.74, 6) is 0.699. The molecule has 0 fully saturated rings. The van der Waals surface area contributed by atoms with Crippen LogP contribution >= 0.6 is 15.9 Å². The molecule has 3 aromatic rings. The van der Waals surface area contributed by atoms with Crippen LogP contribution in [0.3, 0.4) is 0 Å². The molecule has 26 heavy (non-hydrogen) atoms. The minimum Gasteiger partial charge on any atom is -0.497 e. The summed E-state index contributed by atoms with van der Waals surface area (Å²) in [5, 5.41) is 4.01. The molecular weight excluding hydrogens is 408 g/mol. The molecule has 0 spiro atoms. The molecule has 0 bridgehead atoms. The molecule has 136 valence electrons. The molecule has 0 aliphatic heterocycles. The van der Waals surface area contributed by atoms with Crippen molar-refractivity contribution in [2.24, 2.45) is 0 Å². The molecule has 0 amide bonds. The summed E-state index contributed by atoms with van der Waals surface area (Å²) in [6.45, 7) is 0.246. The van der Waals surface area contributed by atoms with Crippen LogP contribution in [0.2, 0.25) is 0 Å². The van der Waals surface area contributed by atoms with Crippen molar-refractivity contribution >= 4 is 27.3 Å². The molecule has 9 heteroatoms. The molecule has 4 N–H and O–H groups in total. The van der Waals surface area contributed by atoms with Gasteiger partial charge in [0, 0.05) is 5.56 Å². The first-order valence-electron chi connectivity index (χ1n) is 7.59. The zero-order valence-electron chi connectivity index (χ0n) is 13.8. The first kappa shape index (κ1) is 18.1. The fourth-order valence-electron chi connectivity index (χ4n) is 2.60. The second-order valence-electron chi connectivity index (χ2n) is 5.55. The Bertz CT molecular complexity index is 928. The molecule has 0 saturated carbocycles. The third kappa shape index (κ3) is 3.48. The number of alkyl halides is 2. The number of nitrogen functional groups attached to an aromatic ring is 2. The van der Waals surface area contributed by atoms with Crippen molar-refractivity contribution in [1.82, 2.24) is 14.8 Å². The Hall–Kier alpha value is -2.68. The molecule has 0 radical (unpaired) electrons. The van der Waals surface area contributed by atoms with E-state index in [0.717, 1.165) is 5.56 Å². The molecular formula is C17H16BrF2N5O. The van der Waals surface area contributed by atoms with Gasteiger partial charge in [0.15, 0.2) is 5.69 Å². The maximum atomic E-state index is 13.3. The molecule has 0 aliphatic carbocycles. The monoisotopic (exact) mass is 423 g/mol. The lowest BCUT2D eigenvalue weighted by Gasteiger charge is -2.11. The Labute approximate surface area is 156 Å². The minimum atomic E-state index is -2.79. The number of pyridine rings is 1. The van der Waals surface area contributed by atoms with Crippen molar-refractivity contribution in [3.8, 4) is 17.0 Å². The summed E-state index contributed by atoms with van der Waals surface area (Å²) in [7, 11) is 1.57. The minimum absolute atomic E-state index is 0.0988. The molecule has 0 aliphatic rings. The Kier molecular flexibility index (Phi) is 5.08. The maximum absolute atomic E-state index is 13.3. The average molecular weight is 424 g/mol. The Morgan fingerprint density at radius 2 is 1.92 bits per heavy atom. The second-order valence-corrected chi connectivity index (χ2v) is 6.36. The van der Waals surface area contributed by atoms with Gasteiger partial charge in [0.05, 0.1) is 36.9 Å². The van der Waals surface area contributed by atoms with Crippen molar-refractivity contribution in [1.29, 1.82) is 0 Å². The van der Waals surface area contributed by atoms with E-state index >= 15 is 0 Å². The first-order chi connectivity index (χ1) is 12.4. The fraction of sp³-hybridized carbons (Fsp3) is 0.176. The van der Waals surface area contributed by atoms with Crippen LogP contribution in [-0.2, 0) is 6.54 Å². The molecule has 2 heterocycles. The van der Waals surface area contributed by atoms with Gasteiger partial charge < -0.3 is 16.2 Å². The highest BCUT2D eigenvalue weighted by molar-refractivity contribution is 9.10. The van der Waals surface area contributed by atoms with Crippen LogP contribution in [0.15, 0.2) is 41.1 Å². The van der Waals surface area contributed by atoms with E-state index in [2.05, 4.69) is 26.0 Å². The molecule has 0 unspecified atom stereocenters. The van der Waals surface area contributed by atoms with E-state index in [1.165, 1.54) is 10.9 Å². The first-order valence-corrected chi connectivity index (χ1v) is 8.38. The smallest absolute Gasteiger partial charge is 0.284 e. The quantitative estimate of drug-likeness (QED) is 0.607. The molecule has 0 atom stereocenters. The van der Waals surface area contributed by atoms with E-state index in [9.17, 15) is 8.78 Å². The molecule has 6 nitrogen and oxygen atoms in total. The van der Waals surface area contributed by atoms with Gasteiger partial charge in [-0.2, -0.15) is 5.10 Å². The van der Waals surface area contributed by atoms with E-state index < -0.39 is 12.1 Å². The number of nitrogens with two attached hydrogens (primary N) is 2. The lowest BCUT2D eigenvalue weighted by atomic mass is 10.1. The van der Waals surface area contributed by atoms with Gasteiger partial charge in [0.2, 0.25) is 0 Å². The predicted molar refractivity (Wildman–Crippen MR) is 99.0 cm³/mol. The fourth-order valence-corrected chi connectivity index (χ4v) is 2.93. The standard InChI is InChI=1S/C17H16BrF2N5O/c1-26-10-4-2-9(3-5-10)8-25-16(14(22)15(24-25)17(19)20)11-6-13(18)23-7-12(11)21/h2-7,17H,8,21-22H2,1H3. The maximum Gasteiger partial charge on any atom is 0.284 e. The van der Waals surface area contributed by atoms with Gasteiger partial charge in [-0.1, -0.05) is 12.1 Å². The van der Waals surface area contributed by atoms with Crippen LogP contribution in [0.5, 0.6) is 5.75 Å². The van der Waals surface area contributed by atoms with Crippen molar-refractivity contribution in [2.75, 3.05) is 18.6 Å². The average Bonchev–Trinajstić information content (AvgIpc) is 2.94. The van der Waals surface area contributed by atoms with Crippen LogP contribution < -0.4 is 16.2 Å². The number of ether oxygens (including phenoxy) is 1. The van der Waals surface area contributed by atoms with Crippen LogP contribution in [0.4, 0.5) is 20.2 Å². The summed E-state index contributed by atoms with van der Waals surface area (Å²) in [5.41, 5.74) is 13.4. The van der Waals surface area contributed by atoms with E-state index in [4.69, 9.17) is 16.2 Å². The van der Waals surface area contributed by atoms with Crippen molar-refractivity contribution < 1.29 is 13.5 Å². The lowest BCUT2D eigenvalue weighted by Crippen LogP contribution is -2.06. The molecule has 2 aromatic heterocycles. The predicted octanol–water partition coefficient (Wildman–Crippen LogP) is 3.87. The lowest BCUT2D eigenvalue weighted by molar-refractivity contribution is 0.146. The van der Waals surface area contributed by atoms with Crippen molar-refractivity contribution in [3.63, 3.8) is 0 Å². The van der Waals surface area contributed by atoms with Gasteiger partial charge in [-0.3, -0.25) is 4.68 Å². The summed E-state index contributed by atoms with van der Waals surface area (Å²) in [6, 6.07) is 8.85.